The molecular weight excluding hydrogens is 333 g/mol. The highest BCUT2D eigenvalue weighted by atomic mass is 19.1. The van der Waals surface area contributed by atoms with Gasteiger partial charge in [-0.05, 0) is 38.8 Å². The molecule has 1 saturated carbocycles. The molecule has 0 radical (unpaired) electrons. The van der Waals surface area contributed by atoms with Gasteiger partial charge in [-0.25, -0.2) is 19.3 Å². The molecule has 1 aliphatic carbocycles. The Morgan fingerprint density at radius 2 is 2.12 bits per heavy atom. The van der Waals surface area contributed by atoms with E-state index < -0.39 is 5.67 Å². The van der Waals surface area contributed by atoms with Gasteiger partial charge in [0.15, 0.2) is 11.5 Å². The van der Waals surface area contributed by atoms with Crippen molar-refractivity contribution in [2.24, 2.45) is 0 Å². The summed E-state index contributed by atoms with van der Waals surface area (Å²) < 4.78 is 16.6. The molecule has 1 amide bonds. The zero-order chi connectivity index (χ0) is 18.5. The summed E-state index contributed by atoms with van der Waals surface area (Å²) in [4.78, 5) is 24.5. The van der Waals surface area contributed by atoms with Gasteiger partial charge in [-0.1, -0.05) is 0 Å². The molecule has 3 aromatic heterocycles. The van der Waals surface area contributed by atoms with E-state index in [0.29, 0.717) is 24.4 Å². The van der Waals surface area contributed by atoms with Gasteiger partial charge >= 0.3 is 0 Å². The van der Waals surface area contributed by atoms with E-state index in [2.05, 4.69) is 24.8 Å². The van der Waals surface area contributed by atoms with Gasteiger partial charge < -0.3 is 9.88 Å². The van der Waals surface area contributed by atoms with Crippen LogP contribution in [-0.2, 0) is 17.0 Å². The highest BCUT2D eigenvalue weighted by Crippen LogP contribution is 2.48. The lowest BCUT2D eigenvalue weighted by Gasteiger charge is -2.08. The first kappa shape index (κ1) is 16.6. The number of rotatable bonds is 4. The SMILES string of the molecule is CCn1cc(-c2cc(C)nc(C3(F)CC3)n2)c2cc(NC(C)=O)ncc21. The molecule has 3 aromatic rings. The fourth-order valence-corrected chi connectivity index (χ4v) is 3.14. The second-order valence-electron chi connectivity index (χ2n) is 6.78. The van der Waals surface area contributed by atoms with E-state index in [1.165, 1.54) is 6.92 Å². The summed E-state index contributed by atoms with van der Waals surface area (Å²) in [7, 11) is 0. The van der Waals surface area contributed by atoms with E-state index in [9.17, 15) is 9.18 Å². The molecular formula is C19H20FN5O. The van der Waals surface area contributed by atoms with Crippen molar-refractivity contribution < 1.29 is 9.18 Å². The number of amides is 1. The number of pyridine rings is 1. The Labute approximate surface area is 150 Å². The van der Waals surface area contributed by atoms with E-state index in [1.807, 2.05) is 32.2 Å². The monoisotopic (exact) mass is 353 g/mol. The molecule has 26 heavy (non-hydrogen) atoms. The van der Waals surface area contributed by atoms with E-state index >= 15 is 0 Å². The van der Waals surface area contributed by atoms with Gasteiger partial charge in [-0.3, -0.25) is 4.79 Å². The number of fused-ring (bicyclic) bond motifs is 1. The minimum Gasteiger partial charge on any atom is -0.346 e. The first-order chi connectivity index (χ1) is 12.4. The summed E-state index contributed by atoms with van der Waals surface area (Å²) in [6.07, 6.45) is 4.68. The predicted molar refractivity (Wildman–Crippen MR) is 97.5 cm³/mol. The molecule has 1 fully saturated rings. The number of aryl methyl sites for hydroxylation is 2. The van der Waals surface area contributed by atoms with E-state index in [0.717, 1.165) is 28.7 Å². The van der Waals surface area contributed by atoms with E-state index in [4.69, 9.17) is 0 Å². The van der Waals surface area contributed by atoms with Crippen LogP contribution in [0.3, 0.4) is 0 Å². The number of nitrogens with zero attached hydrogens (tertiary/aromatic N) is 4. The average Bonchev–Trinajstić information content (AvgIpc) is 3.24. The summed E-state index contributed by atoms with van der Waals surface area (Å²) >= 11 is 0. The van der Waals surface area contributed by atoms with Crippen LogP contribution in [0.15, 0.2) is 24.5 Å². The molecule has 0 bridgehead atoms. The molecule has 0 saturated heterocycles. The fourth-order valence-electron chi connectivity index (χ4n) is 3.14. The van der Waals surface area contributed by atoms with Crippen molar-refractivity contribution in [2.45, 2.75) is 45.8 Å². The molecule has 3 heterocycles. The number of carbonyl (C=O) groups is 1. The lowest BCUT2D eigenvalue weighted by Crippen LogP contribution is -2.07. The Balaban J connectivity index is 1.90. The van der Waals surface area contributed by atoms with Crippen molar-refractivity contribution in [1.29, 1.82) is 0 Å². The van der Waals surface area contributed by atoms with Gasteiger partial charge in [-0.15, -0.1) is 0 Å². The van der Waals surface area contributed by atoms with E-state index in [1.54, 1.807) is 6.20 Å². The van der Waals surface area contributed by atoms with Crippen molar-refractivity contribution in [2.75, 3.05) is 5.32 Å². The topological polar surface area (TPSA) is 72.7 Å². The van der Waals surface area contributed by atoms with Crippen LogP contribution in [0.4, 0.5) is 10.2 Å². The van der Waals surface area contributed by atoms with Crippen LogP contribution >= 0.6 is 0 Å². The third-order valence-corrected chi connectivity index (χ3v) is 4.63. The van der Waals surface area contributed by atoms with Gasteiger partial charge in [0.1, 0.15) is 5.82 Å². The minimum absolute atomic E-state index is 0.179. The Bertz CT molecular complexity index is 1020. The molecule has 0 atom stereocenters. The zero-order valence-electron chi connectivity index (χ0n) is 15.0. The first-order valence-corrected chi connectivity index (χ1v) is 8.71. The predicted octanol–water partition coefficient (Wildman–Crippen LogP) is 3.74. The Hall–Kier alpha value is -2.83. The summed E-state index contributed by atoms with van der Waals surface area (Å²) in [6, 6.07) is 3.69. The molecule has 4 rings (SSSR count). The molecule has 0 spiro atoms. The molecule has 0 aliphatic heterocycles. The number of hydrogen-bond donors (Lipinski definition) is 1. The van der Waals surface area contributed by atoms with Crippen LogP contribution in [0.25, 0.3) is 22.2 Å². The number of anilines is 1. The van der Waals surface area contributed by atoms with Crippen LogP contribution in [0, 0.1) is 6.92 Å². The third kappa shape index (κ3) is 2.83. The van der Waals surface area contributed by atoms with Crippen molar-refractivity contribution in [3.05, 3.63) is 36.0 Å². The van der Waals surface area contributed by atoms with Crippen molar-refractivity contribution in [1.82, 2.24) is 19.5 Å². The highest BCUT2D eigenvalue weighted by molar-refractivity contribution is 5.98. The van der Waals surface area contributed by atoms with Gasteiger partial charge in [0.05, 0.1) is 17.4 Å². The molecule has 0 aromatic carbocycles. The Kier molecular flexibility index (Phi) is 3.75. The molecule has 134 valence electrons. The standard InChI is InChI=1S/C19H20FN5O/c1-4-25-10-14(13-8-17(23-12(3)26)21-9-16(13)25)15-7-11(2)22-18(24-15)19(20)5-6-19/h7-10H,4-6H2,1-3H3,(H,21,23,26). The normalized spacial score (nSPS) is 15.2. The van der Waals surface area contributed by atoms with Crippen LogP contribution in [0.1, 0.15) is 38.2 Å². The molecule has 1 aliphatic rings. The Morgan fingerprint density at radius 3 is 2.77 bits per heavy atom. The zero-order valence-corrected chi connectivity index (χ0v) is 15.0. The lowest BCUT2D eigenvalue weighted by atomic mass is 10.1. The quantitative estimate of drug-likeness (QED) is 0.775. The summed E-state index contributed by atoms with van der Waals surface area (Å²) in [6.45, 7) is 6.11. The number of hydrogen-bond acceptors (Lipinski definition) is 4. The van der Waals surface area contributed by atoms with Crippen LogP contribution in [-0.4, -0.2) is 25.4 Å². The number of alkyl halides is 1. The van der Waals surface area contributed by atoms with E-state index in [-0.39, 0.29) is 11.7 Å². The third-order valence-electron chi connectivity index (χ3n) is 4.63. The maximum Gasteiger partial charge on any atom is 0.222 e. The van der Waals surface area contributed by atoms with Gasteiger partial charge in [0.2, 0.25) is 5.91 Å². The minimum atomic E-state index is -1.38. The highest BCUT2D eigenvalue weighted by Gasteiger charge is 2.48. The van der Waals surface area contributed by atoms with Crippen LogP contribution in [0.5, 0.6) is 0 Å². The summed E-state index contributed by atoms with van der Waals surface area (Å²) in [5.74, 6) is 0.567. The maximum absolute atomic E-state index is 14.5. The number of nitrogens with one attached hydrogen (secondary N) is 1. The number of halogens is 1. The Morgan fingerprint density at radius 1 is 1.35 bits per heavy atom. The van der Waals surface area contributed by atoms with Crippen molar-refractivity contribution >= 4 is 22.6 Å². The molecule has 6 nitrogen and oxygen atoms in total. The number of carbonyl (C=O) groups excluding carboxylic acids is 1. The summed E-state index contributed by atoms with van der Waals surface area (Å²) in [5.41, 5.74) is 1.87. The van der Waals surface area contributed by atoms with Gasteiger partial charge in [-0.2, -0.15) is 0 Å². The largest absolute Gasteiger partial charge is 0.346 e. The summed E-state index contributed by atoms with van der Waals surface area (Å²) in [5, 5.41) is 3.62. The van der Waals surface area contributed by atoms with Crippen molar-refractivity contribution in [3.63, 3.8) is 0 Å². The van der Waals surface area contributed by atoms with Gasteiger partial charge in [0, 0.05) is 36.3 Å². The van der Waals surface area contributed by atoms with Gasteiger partial charge in [0.25, 0.3) is 0 Å². The smallest absolute Gasteiger partial charge is 0.222 e. The molecule has 0 unspecified atom stereocenters. The second kappa shape index (κ2) is 5.86. The van der Waals surface area contributed by atoms with Crippen molar-refractivity contribution in [3.8, 4) is 11.3 Å². The lowest BCUT2D eigenvalue weighted by molar-refractivity contribution is -0.114. The number of aromatic nitrogens is 4. The first-order valence-electron chi connectivity index (χ1n) is 8.71. The molecule has 7 heteroatoms. The molecule has 1 N–H and O–H groups in total. The average molecular weight is 353 g/mol. The second-order valence-corrected chi connectivity index (χ2v) is 6.78. The van der Waals surface area contributed by atoms with Crippen LogP contribution < -0.4 is 5.32 Å². The maximum atomic E-state index is 14.5. The fraction of sp³-hybridized carbons (Fsp3) is 0.368. The van der Waals surface area contributed by atoms with Crippen LogP contribution in [0.2, 0.25) is 0 Å².